The van der Waals surface area contributed by atoms with Crippen LogP contribution in [0.3, 0.4) is 0 Å². The molecule has 162 valence electrons. The van der Waals surface area contributed by atoms with Crippen LogP contribution in [-0.2, 0) is 14.8 Å². The van der Waals surface area contributed by atoms with Crippen LogP contribution >= 0.6 is 11.6 Å². The maximum Gasteiger partial charge on any atom is 0.242 e. The van der Waals surface area contributed by atoms with E-state index in [1.165, 1.54) is 13.0 Å². The molecule has 8 nitrogen and oxygen atoms in total. The third-order valence-corrected chi connectivity index (χ3v) is 6.88. The first-order valence-corrected chi connectivity index (χ1v) is 11.6. The van der Waals surface area contributed by atoms with Gasteiger partial charge in [-0.3, -0.25) is 4.79 Å². The van der Waals surface area contributed by atoms with Gasteiger partial charge in [0.25, 0.3) is 0 Å². The molecular weight excluding hydrogens is 440 g/mol. The van der Waals surface area contributed by atoms with Crippen molar-refractivity contribution in [1.29, 1.82) is 0 Å². The van der Waals surface area contributed by atoms with E-state index in [2.05, 4.69) is 20.2 Å². The van der Waals surface area contributed by atoms with Crippen LogP contribution in [0.25, 0.3) is 11.4 Å². The largest absolute Gasteiger partial charge is 0.339 e. The van der Waals surface area contributed by atoms with E-state index in [1.54, 1.807) is 43.3 Å². The van der Waals surface area contributed by atoms with Crippen molar-refractivity contribution in [3.05, 3.63) is 58.9 Å². The SMILES string of the molecule is Cc1ccc(-c2noc(C3CC3)n2)cc1S(=O)(=O)NC(C)C(=O)Nc1ccc(Cl)cc1. The van der Waals surface area contributed by atoms with Gasteiger partial charge in [-0.05, 0) is 62.6 Å². The minimum Gasteiger partial charge on any atom is -0.339 e. The summed E-state index contributed by atoms with van der Waals surface area (Å²) < 4.78 is 33.7. The van der Waals surface area contributed by atoms with E-state index in [9.17, 15) is 13.2 Å². The molecule has 1 heterocycles. The first-order chi connectivity index (χ1) is 14.7. The molecule has 2 N–H and O–H groups in total. The molecule has 1 aromatic heterocycles. The molecule has 1 saturated carbocycles. The molecule has 4 rings (SSSR count). The number of benzene rings is 2. The highest BCUT2D eigenvalue weighted by molar-refractivity contribution is 7.89. The second-order valence-electron chi connectivity index (χ2n) is 7.55. The lowest BCUT2D eigenvalue weighted by molar-refractivity contribution is -0.117. The number of anilines is 1. The minimum absolute atomic E-state index is 0.0499. The second-order valence-corrected chi connectivity index (χ2v) is 9.67. The Bertz CT molecular complexity index is 1220. The molecule has 1 amide bonds. The highest BCUT2D eigenvalue weighted by Gasteiger charge is 2.30. The van der Waals surface area contributed by atoms with Crippen molar-refractivity contribution in [2.75, 3.05) is 5.32 Å². The van der Waals surface area contributed by atoms with Gasteiger partial charge in [0.05, 0.1) is 10.9 Å². The zero-order valence-corrected chi connectivity index (χ0v) is 18.5. The quantitative estimate of drug-likeness (QED) is 0.553. The van der Waals surface area contributed by atoms with Crippen LogP contribution in [0, 0.1) is 6.92 Å². The Hall–Kier alpha value is -2.75. The van der Waals surface area contributed by atoms with Crippen LogP contribution in [0.5, 0.6) is 0 Å². The van der Waals surface area contributed by atoms with Crippen molar-refractivity contribution in [1.82, 2.24) is 14.9 Å². The van der Waals surface area contributed by atoms with E-state index in [0.717, 1.165) is 12.8 Å². The number of hydrogen-bond acceptors (Lipinski definition) is 6. The first-order valence-electron chi connectivity index (χ1n) is 9.76. The number of aromatic nitrogens is 2. The lowest BCUT2D eigenvalue weighted by Crippen LogP contribution is -2.41. The smallest absolute Gasteiger partial charge is 0.242 e. The van der Waals surface area contributed by atoms with Crippen molar-refractivity contribution in [2.45, 2.75) is 43.5 Å². The van der Waals surface area contributed by atoms with E-state index >= 15 is 0 Å². The number of carbonyl (C=O) groups is 1. The van der Waals surface area contributed by atoms with Gasteiger partial charge in [0.2, 0.25) is 27.6 Å². The fourth-order valence-electron chi connectivity index (χ4n) is 3.01. The van der Waals surface area contributed by atoms with Crippen LogP contribution in [0.1, 0.15) is 37.1 Å². The summed E-state index contributed by atoms with van der Waals surface area (Å²) in [5, 5.41) is 7.16. The van der Waals surface area contributed by atoms with Crippen molar-refractivity contribution in [3.63, 3.8) is 0 Å². The van der Waals surface area contributed by atoms with Gasteiger partial charge in [-0.2, -0.15) is 9.71 Å². The van der Waals surface area contributed by atoms with Gasteiger partial charge in [0, 0.05) is 22.2 Å². The van der Waals surface area contributed by atoms with Gasteiger partial charge in [-0.15, -0.1) is 0 Å². The number of carbonyl (C=O) groups excluding carboxylic acids is 1. The molecular formula is C21H21ClN4O4S. The van der Waals surface area contributed by atoms with Crippen molar-refractivity contribution >= 4 is 33.2 Å². The average Bonchev–Trinajstić information content (AvgIpc) is 3.46. The third-order valence-electron chi connectivity index (χ3n) is 4.94. The molecule has 1 atom stereocenters. The summed E-state index contributed by atoms with van der Waals surface area (Å²) in [6, 6.07) is 10.4. The molecule has 10 heteroatoms. The molecule has 1 fully saturated rings. The summed E-state index contributed by atoms with van der Waals surface area (Å²) >= 11 is 5.84. The normalized spacial score (nSPS) is 14.9. The predicted octanol–water partition coefficient (Wildman–Crippen LogP) is 3.88. The molecule has 0 bridgehead atoms. The summed E-state index contributed by atoms with van der Waals surface area (Å²) in [5.74, 6) is 0.723. The van der Waals surface area contributed by atoms with Gasteiger partial charge in [-0.25, -0.2) is 8.42 Å². The standard InChI is InChI=1S/C21H21ClN4O4S/c1-12-3-4-15(19-24-21(30-25-19)14-5-6-14)11-18(12)31(28,29)26-13(2)20(27)23-17-9-7-16(22)8-10-17/h3-4,7-11,13-14,26H,5-6H2,1-2H3,(H,23,27). The van der Waals surface area contributed by atoms with Crippen LogP contribution in [-0.4, -0.2) is 30.5 Å². The van der Waals surface area contributed by atoms with Gasteiger partial charge in [-0.1, -0.05) is 28.9 Å². The summed E-state index contributed by atoms with van der Waals surface area (Å²) in [6.07, 6.45) is 2.05. The number of halogens is 1. The van der Waals surface area contributed by atoms with Crippen LogP contribution < -0.4 is 10.0 Å². The van der Waals surface area contributed by atoms with Gasteiger partial charge in [0.15, 0.2) is 0 Å². The molecule has 3 aromatic rings. The Kier molecular flexibility index (Phi) is 5.83. The van der Waals surface area contributed by atoms with E-state index in [1.807, 2.05) is 0 Å². The predicted molar refractivity (Wildman–Crippen MR) is 116 cm³/mol. The number of hydrogen-bond donors (Lipinski definition) is 2. The Morgan fingerprint density at radius 2 is 1.90 bits per heavy atom. The van der Waals surface area contributed by atoms with Crippen LogP contribution in [0.15, 0.2) is 51.9 Å². The summed E-state index contributed by atoms with van der Waals surface area (Å²) in [7, 11) is -3.98. The van der Waals surface area contributed by atoms with E-state index in [0.29, 0.717) is 39.5 Å². The Balaban J connectivity index is 1.51. The van der Waals surface area contributed by atoms with Gasteiger partial charge < -0.3 is 9.84 Å². The molecule has 0 saturated heterocycles. The number of aryl methyl sites for hydroxylation is 1. The van der Waals surface area contributed by atoms with Gasteiger partial charge >= 0.3 is 0 Å². The number of nitrogens with zero attached hydrogens (tertiary/aromatic N) is 2. The van der Waals surface area contributed by atoms with E-state index in [4.69, 9.17) is 16.1 Å². The summed E-state index contributed by atoms with van der Waals surface area (Å²) in [6.45, 7) is 3.16. The fourth-order valence-corrected chi connectivity index (χ4v) is 4.61. The number of sulfonamides is 1. The molecule has 1 unspecified atom stereocenters. The van der Waals surface area contributed by atoms with Crippen LogP contribution in [0.4, 0.5) is 5.69 Å². The molecule has 1 aliphatic rings. The van der Waals surface area contributed by atoms with E-state index in [-0.39, 0.29) is 4.90 Å². The Labute approximate surface area is 185 Å². The molecule has 31 heavy (non-hydrogen) atoms. The molecule has 1 aliphatic carbocycles. The summed E-state index contributed by atoms with van der Waals surface area (Å²) in [4.78, 5) is 16.9. The first kappa shape index (κ1) is 21.5. The average molecular weight is 461 g/mol. The Morgan fingerprint density at radius 1 is 1.19 bits per heavy atom. The maximum atomic E-state index is 13.0. The Morgan fingerprint density at radius 3 is 2.58 bits per heavy atom. The highest BCUT2D eigenvalue weighted by atomic mass is 35.5. The lowest BCUT2D eigenvalue weighted by atomic mass is 10.1. The fraction of sp³-hybridized carbons (Fsp3) is 0.286. The zero-order chi connectivity index (χ0) is 22.2. The topological polar surface area (TPSA) is 114 Å². The minimum atomic E-state index is -3.98. The summed E-state index contributed by atoms with van der Waals surface area (Å²) in [5.41, 5.74) is 1.58. The molecule has 0 aliphatic heterocycles. The second kappa shape index (κ2) is 8.41. The highest BCUT2D eigenvalue weighted by Crippen LogP contribution is 2.39. The molecule has 2 aromatic carbocycles. The van der Waals surface area contributed by atoms with Crippen molar-refractivity contribution in [3.8, 4) is 11.4 Å². The number of rotatable bonds is 7. The van der Waals surface area contributed by atoms with Crippen molar-refractivity contribution < 1.29 is 17.7 Å². The maximum absolute atomic E-state index is 13.0. The number of amides is 1. The monoisotopic (exact) mass is 460 g/mol. The van der Waals surface area contributed by atoms with Gasteiger partial charge in [0.1, 0.15) is 0 Å². The van der Waals surface area contributed by atoms with Crippen molar-refractivity contribution in [2.24, 2.45) is 0 Å². The zero-order valence-electron chi connectivity index (χ0n) is 16.9. The third kappa shape index (κ3) is 4.95. The number of nitrogens with one attached hydrogen (secondary N) is 2. The molecule has 0 radical (unpaired) electrons. The molecule has 0 spiro atoms. The van der Waals surface area contributed by atoms with E-state index < -0.39 is 22.0 Å². The van der Waals surface area contributed by atoms with Crippen LogP contribution in [0.2, 0.25) is 5.02 Å². The lowest BCUT2D eigenvalue weighted by Gasteiger charge is -2.16.